The van der Waals surface area contributed by atoms with Crippen LogP contribution in [0.25, 0.3) is 0 Å². The molecular weight excluding hydrogens is 512 g/mol. The standard InChI is InChI=1S/C14H8Br2ClF3N2O2S/c15-8-4-11(25-12(8)16)10(23)5-21-13(24)22-6-1-2-9(17)7(3-6)14(18,19)20/h1-4H,5H2,(H2,21,22,24). The number of hydrogen-bond acceptors (Lipinski definition) is 3. The smallest absolute Gasteiger partial charge is 0.330 e. The predicted octanol–water partition coefficient (Wildman–Crippen LogP) is 5.95. The van der Waals surface area contributed by atoms with Gasteiger partial charge in [-0.3, -0.25) is 4.79 Å². The summed E-state index contributed by atoms with van der Waals surface area (Å²) in [5.74, 6) is -0.335. The Balaban J connectivity index is 1.97. The van der Waals surface area contributed by atoms with E-state index in [2.05, 4.69) is 42.5 Å². The van der Waals surface area contributed by atoms with E-state index in [9.17, 15) is 22.8 Å². The molecule has 0 saturated heterocycles. The maximum absolute atomic E-state index is 12.8. The Morgan fingerprint density at radius 1 is 1.20 bits per heavy atom. The number of thiophene rings is 1. The Morgan fingerprint density at radius 3 is 2.44 bits per heavy atom. The molecule has 25 heavy (non-hydrogen) atoms. The van der Waals surface area contributed by atoms with Crippen LogP contribution in [0.4, 0.5) is 23.7 Å². The quantitative estimate of drug-likeness (QED) is 0.490. The number of benzene rings is 1. The summed E-state index contributed by atoms with van der Waals surface area (Å²) < 4.78 is 39.8. The van der Waals surface area contributed by atoms with Gasteiger partial charge in [-0.05, 0) is 56.1 Å². The molecule has 1 aromatic heterocycles. The molecule has 2 rings (SSSR count). The first-order valence-corrected chi connectivity index (χ1v) is 9.25. The number of Topliss-reactive ketones (excluding diaryl/α,β-unsaturated/α-hetero) is 1. The number of hydrogen-bond donors (Lipinski definition) is 2. The van der Waals surface area contributed by atoms with Crippen LogP contribution in [-0.4, -0.2) is 18.4 Å². The van der Waals surface area contributed by atoms with E-state index in [4.69, 9.17) is 11.6 Å². The minimum atomic E-state index is -4.64. The van der Waals surface area contributed by atoms with Crippen molar-refractivity contribution in [1.82, 2.24) is 5.32 Å². The largest absolute Gasteiger partial charge is 0.417 e. The molecule has 11 heteroatoms. The Bertz CT molecular complexity index is 807. The average molecular weight is 521 g/mol. The fraction of sp³-hybridized carbons (Fsp3) is 0.143. The van der Waals surface area contributed by atoms with Crippen molar-refractivity contribution < 1.29 is 22.8 Å². The van der Waals surface area contributed by atoms with Gasteiger partial charge in [-0.2, -0.15) is 13.2 Å². The number of rotatable bonds is 4. The van der Waals surface area contributed by atoms with Gasteiger partial charge in [0.2, 0.25) is 0 Å². The number of carbonyl (C=O) groups excluding carboxylic acids is 2. The lowest BCUT2D eigenvalue weighted by Crippen LogP contribution is -2.33. The summed E-state index contributed by atoms with van der Waals surface area (Å²) in [5.41, 5.74) is -1.15. The zero-order valence-electron chi connectivity index (χ0n) is 12.0. The first-order valence-electron chi connectivity index (χ1n) is 6.47. The van der Waals surface area contributed by atoms with Crippen LogP contribution in [0.15, 0.2) is 32.5 Å². The third-order valence-corrected chi connectivity index (χ3v) is 6.49. The number of alkyl halides is 3. The molecule has 134 valence electrons. The van der Waals surface area contributed by atoms with Crippen LogP contribution in [0.2, 0.25) is 5.02 Å². The second-order valence-electron chi connectivity index (χ2n) is 4.66. The number of amides is 2. The monoisotopic (exact) mass is 518 g/mol. The van der Waals surface area contributed by atoms with Crippen LogP contribution in [0, 0.1) is 0 Å². The van der Waals surface area contributed by atoms with Gasteiger partial charge in [0.1, 0.15) is 0 Å². The molecule has 2 N–H and O–H groups in total. The van der Waals surface area contributed by atoms with Crippen molar-refractivity contribution in [2.24, 2.45) is 0 Å². The van der Waals surface area contributed by atoms with Crippen LogP contribution in [-0.2, 0) is 6.18 Å². The highest BCUT2D eigenvalue weighted by Crippen LogP contribution is 2.36. The summed E-state index contributed by atoms with van der Waals surface area (Å²) in [6, 6.07) is 3.78. The molecule has 0 aliphatic rings. The number of carbonyl (C=O) groups is 2. The Kier molecular flexibility index (Phi) is 6.52. The van der Waals surface area contributed by atoms with Crippen LogP contribution in [0.3, 0.4) is 0 Å². The van der Waals surface area contributed by atoms with Gasteiger partial charge in [0.05, 0.1) is 25.8 Å². The second-order valence-corrected chi connectivity index (χ2v) is 8.29. The Morgan fingerprint density at radius 2 is 1.88 bits per heavy atom. The number of nitrogens with one attached hydrogen (secondary N) is 2. The highest BCUT2D eigenvalue weighted by Gasteiger charge is 2.33. The molecule has 0 unspecified atom stereocenters. The fourth-order valence-corrected chi connectivity index (χ4v) is 3.93. The van der Waals surface area contributed by atoms with Gasteiger partial charge in [-0.25, -0.2) is 4.79 Å². The number of anilines is 1. The lowest BCUT2D eigenvalue weighted by Gasteiger charge is -2.12. The first kappa shape index (κ1) is 20.2. The molecule has 0 saturated carbocycles. The van der Waals surface area contributed by atoms with E-state index in [0.717, 1.165) is 15.9 Å². The summed E-state index contributed by atoms with van der Waals surface area (Å²) in [7, 11) is 0. The fourth-order valence-electron chi connectivity index (χ4n) is 1.73. The van der Waals surface area contributed by atoms with E-state index < -0.39 is 22.8 Å². The van der Waals surface area contributed by atoms with Crippen LogP contribution in [0.5, 0.6) is 0 Å². The van der Waals surface area contributed by atoms with Crippen molar-refractivity contribution in [2.45, 2.75) is 6.18 Å². The number of halogens is 6. The first-order chi connectivity index (χ1) is 11.6. The van der Waals surface area contributed by atoms with E-state index in [-0.39, 0.29) is 18.0 Å². The lowest BCUT2D eigenvalue weighted by molar-refractivity contribution is -0.137. The van der Waals surface area contributed by atoms with Gasteiger partial charge < -0.3 is 10.6 Å². The lowest BCUT2D eigenvalue weighted by atomic mass is 10.2. The molecule has 1 aromatic carbocycles. The molecule has 0 fully saturated rings. The Labute approximate surface area is 166 Å². The van der Waals surface area contributed by atoms with Crippen molar-refractivity contribution in [3.63, 3.8) is 0 Å². The van der Waals surface area contributed by atoms with E-state index in [1.807, 2.05) is 0 Å². The van der Waals surface area contributed by atoms with Gasteiger partial charge in [-0.1, -0.05) is 11.6 Å². The van der Waals surface area contributed by atoms with E-state index in [1.54, 1.807) is 6.07 Å². The topological polar surface area (TPSA) is 58.2 Å². The molecule has 0 bridgehead atoms. The highest BCUT2D eigenvalue weighted by molar-refractivity contribution is 9.13. The number of ketones is 1. The van der Waals surface area contributed by atoms with Gasteiger partial charge in [0, 0.05) is 10.2 Å². The summed E-state index contributed by atoms with van der Waals surface area (Å²) >= 11 is 13.2. The van der Waals surface area contributed by atoms with Crippen molar-refractivity contribution in [1.29, 1.82) is 0 Å². The summed E-state index contributed by atoms with van der Waals surface area (Å²) in [6.07, 6.45) is -4.64. The molecule has 0 radical (unpaired) electrons. The van der Waals surface area contributed by atoms with Crippen molar-refractivity contribution in [3.05, 3.63) is 48.0 Å². The molecule has 0 aliphatic carbocycles. The van der Waals surface area contributed by atoms with Gasteiger partial charge in [0.15, 0.2) is 5.78 Å². The minimum Gasteiger partial charge on any atom is -0.330 e. The summed E-state index contributed by atoms with van der Waals surface area (Å²) in [4.78, 5) is 24.1. The normalized spacial score (nSPS) is 11.3. The number of urea groups is 1. The molecule has 0 spiro atoms. The van der Waals surface area contributed by atoms with Crippen LogP contribution < -0.4 is 10.6 Å². The average Bonchev–Trinajstić information content (AvgIpc) is 2.85. The third kappa shape index (κ3) is 5.44. The van der Waals surface area contributed by atoms with Crippen molar-refractivity contribution >= 4 is 72.3 Å². The van der Waals surface area contributed by atoms with E-state index in [1.165, 1.54) is 17.4 Å². The molecule has 0 atom stereocenters. The maximum Gasteiger partial charge on any atom is 0.417 e. The molecule has 2 aromatic rings. The zero-order valence-corrected chi connectivity index (χ0v) is 16.8. The molecule has 0 aliphatic heterocycles. The van der Waals surface area contributed by atoms with Crippen molar-refractivity contribution in [2.75, 3.05) is 11.9 Å². The SMILES string of the molecule is O=C(NCC(=O)c1cc(Br)c(Br)s1)Nc1ccc(Cl)c(C(F)(F)F)c1. The molecule has 2 amide bonds. The van der Waals surface area contributed by atoms with E-state index in [0.29, 0.717) is 9.35 Å². The Hall–Kier alpha value is -1.10. The maximum atomic E-state index is 12.8. The molecule has 1 heterocycles. The second kappa shape index (κ2) is 8.07. The minimum absolute atomic E-state index is 0.0942. The summed E-state index contributed by atoms with van der Waals surface area (Å²) in [5, 5.41) is 4.05. The predicted molar refractivity (Wildman–Crippen MR) is 97.5 cm³/mol. The van der Waals surface area contributed by atoms with Crippen molar-refractivity contribution in [3.8, 4) is 0 Å². The highest BCUT2D eigenvalue weighted by atomic mass is 79.9. The zero-order chi connectivity index (χ0) is 18.8. The molecule has 4 nitrogen and oxygen atoms in total. The third-order valence-electron chi connectivity index (χ3n) is 2.86. The van der Waals surface area contributed by atoms with Gasteiger partial charge in [-0.15, -0.1) is 11.3 Å². The summed E-state index contributed by atoms with van der Waals surface area (Å²) in [6.45, 7) is -0.301. The van der Waals surface area contributed by atoms with Crippen LogP contribution >= 0.6 is 54.8 Å². The van der Waals surface area contributed by atoms with E-state index >= 15 is 0 Å². The van der Waals surface area contributed by atoms with Gasteiger partial charge >= 0.3 is 12.2 Å². The molecular formula is C14H8Br2ClF3N2O2S. The van der Waals surface area contributed by atoms with Crippen LogP contribution in [0.1, 0.15) is 15.2 Å². The van der Waals surface area contributed by atoms with Gasteiger partial charge in [0.25, 0.3) is 0 Å².